The zero-order valence-corrected chi connectivity index (χ0v) is 24.5. The Morgan fingerprint density at radius 1 is 0.737 bits per heavy atom. The Morgan fingerprint density at radius 2 is 1.34 bits per heavy atom. The molecule has 0 aliphatic rings. The van der Waals surface area contributed by atoms with E-state index in [2.05, 4.69) is 31.3 Å². The fourth-order valence-electron chi connectivity index (χ4n) is 4.45. The summed E-state index contributed by atoms with van der Waals surface area (Å²) < 4.78 is 5.85. The van der Waals surface area contributed by atoms with Crippen LogP contribution >= 0.6 is 0 Å². The zero-order valence-electron chi connectivity index (χ0n) is 24.5. The second-order valence-electron chi connectivity index (χ2n) is 10.5. The van der Waals surface area contributed by atoms with Crippen LogP contribution in [0.4, 0.5) is 0 Å². The van der Waals surface area contributed by atoms with Crippen molar-refractivity contribution in [1.29, 1.82) is 0 Å². The molecule has 0 aromatic carbocycles. The van der Waals surface area contributed by atoms with E-state index in [0.717, 1.165) is 57.8 Å². The largest absolute Gasteiger partial charge is 0.480 e. The first-order valence-electron chi connectivity index (χ1n) is 15.5. The highest BCUT2D eigenvalue weighted by Crippen LogP contribution is 2.17. The van der Waals surface area contributed by atoms with E-state index in [1.807, 2.05) is 0 Å². The third-order valence-electron chi connectivity index (χ3n) is 6.81. The number of ether oxygens (including phenoxy) is 1. The molecule has 0 bridgehead atoms. The lowest BCUT2D eigenvalue weighted by Gasteiger charge is -2.18. The lowest BCUT2D eigenvalue weighted by atomic mass is 10.0. The van der Waals surface area contributed by atoms with E-state index in [0.29, 0.717) is 38.6 Å². The van der Waals surface area contributed by atoms with Crippen LogP contribution in [0, 0.1) is 0 Å². The minimum Gasteiger partial charge on any atom is -0.480 e. The van der Waals surface area contributed by atoms with Crippen molar-refractivity contribution in [1.82, 2.24) is 5.32 Å². The molecule has 2 atom stereocenters. The van der Waals surface area contributed by atoms with Gasteiger partial charge < -0.3 is 20.9 Å². The highest BCUT2D eigenvalue weighted by molar-refractivity contribution is 5.83. The van der Waals surface area contributed by atoms with Crippen LogP contribution in [0.3, 0.4) is 0 Å². The maximum atomic E-state index is 12.4. The second-order valence-corrected chi connectivity index (χ2v) is 10.5. The predicted octanol–water partition coefficient (Wildman–Crippen LogP) is 7.21. The molecule has 0 radical (unpaired) electrons. The number of nitrogens with one attached hydrogen (secondary N) is 1. The van der Waals surface area contributed by atoms with E-state index in [9.17, 15) is 19.5 Å². The number of unbranched alkanes of at least 4 members (excludes halogenated alkanes) is 11. The van der Waals surface area contributed by atoms with Crippen molar-refractivity contribution in [3.05, 3.63) is 12.2 Å². The Morgan fingerprint density at radius 3 is 2.00 bits per heavy atom. The van der Waals surface area contributed by atoms with Crippen LogP contribution in [0.2, 0.25) is 0 Å². The van der Waals surface area contributed by atoms with Gasteiger partial charge in [-0.15, -0.1) is 0 Å². The third kappa shape index (κ3) is 23.2. The zero-order chi connectivity index (χ0) is 28.3. The Hall–Kier alpha value is -1.89. The topological polar surface area (TPSA) is 119 Å². The van der Waals surface area contributed by atoms with Crippen LogP contribution < -0.4 is 11.1 Å². The first kappa shape index (κ1) is 36.1. The molecule has 4 N–H and O–H groups in total. The van der Waals surface area contributed by atoms with Gasteiger partial charge in [0.05, 0.1) is 0 Å². The third-order valence-corrected chi connectivity index (χ3v) is 6.81. The summed E-state index contributed by atoms with van der Waals surface area (Å²) in [6.07, 6.45) is 24.1. The standard InChI is InChI=1S/C31H58N2O5/c1-3-5-7-9-10-11-12-13-14-19-25-30(35)38-27(21-16-8-6-4-2)22-17-15-18-24-29(34)33-28(31(36)37)23-20-26-32/h7,9,27-28H,3-6,8,10-26,32H2,1-2H3,(H,33,34)(H,36,37)/b9-7-. The summed E-state index contributed by atoms with van der Waals surface area (Å²) in [5, 5.41) is 11.8. The van der Waals surface area contributed by atoms with Crippen LogP contribution in [0.25, 0.3) is 0 Å². The number of carbonyl (C=O) groups is 3. The van der Waals surface area contributed by atoms with E-state index < -0.39 is 12.0 Å². The molecule has 0 rings (SSSR count). The van der Waals surface area contributed by atoms with Gasteiger partial charge in [0.25, 0.3) is 0 Å². The fraction of sp³-hybridized carbons (Fsp3) is 0.839. The summed E-state index contributed by atoms with van der Waals surface area (Å²) in [7, 11) is 0. The van der Waals surface area contributed by atoms with Gasteiger partial charge in [0.15, 0.2) is 0 Å². The van der Waals surface area contributed by atoms with Gasteiger partial charge in [0.1, 0.15) is 12.1 Å². The quantitative estimate of drug-likeness (QED) is 0.0577. The summed E-state index contributed by atoms with van der Waals surface area (Å²) in [6.45, 7) is 4.79. The smallest absolute Gasteiger partial charge is 0.326 e. The minimum atomic E-state index is -1.02. The van der Waals surface area contributed by atoms with E-state index in [-0.39, 0.29) is 18.0 Å². The number of allylic oxidation sites excluding steroid dienone is 2. The molecule has 0 aromatic rings. The van der Waals surface area contributed by atoms with Crippen molar-refractivity contribution < 1.29 is 24.2 Å². The van der Waals surface area contributed by atoms with E-state index >= 15 is 0 Å². The van der Waals surface area contributed by atoms with E-state index in [1.165, 1.54) is 44.9 Å². The van der Waals surface area contributed by atoms with Gasteiger partial charge in [0, 0.05) is 12.8 Å². The van der Waals surface area contributed by atoms with Gasteiger partial charge in [0.2, 0.25) is 5.91 Å². The summed E-state index contributed by atoms with van der Waals surface area (Å²) in [5.41, 5.74) is 5.44. The Bertz CT molecular complexity index is 623. The SMILES string of the molecule is CCC/C=C\CCCCCCCC(=O)OC(CCCCCC)CCCCCC(=O)NC(CCCN)C(=O)O. The lowest BCUT2D eigenvalue weighted by molar-refractivity contribution is -0.150. The minimum absolute atomic E-state index is 0.0456. The number of esters is 1. The molecule has 0 spiro atoms. The van der Waals surface area contributed by atoms with Crippen LogP contribution in [0.15, 0.2) is 12.2 Å². The number of carbonyl (C=O) groups excluding carboxylic acids is 2. The monoisotopic (exact) mass is 538 g/mol. The lowest BCUT2D eigenvalue weighted by Crippen LogP contribution is -2.40. The maximum absolute atomic E-state index is 12.4. The molecular formula is C31H58N2O5. The average Bonchev–Trinajstić information content (AvgIpc) is 2.89. The molecule has 0 aliphatic carbocycles. The number of nitrogens with two attached hydrogens (primary N) is 1. The highest BCUT2D eigenvalue weighted by atomic mass is 16.5. The van der Waals surface area contributed by atoms with Gasteiger partial charge in [-0.05, 0) is 77.2 Å². The molecule has 7 nitrogen and oxygen atoms in total. The Labute approximate surface area is 232 Å². The van der Waals surface area contributed by atoms with Gasteiger partial charge >= 0.3 is 11.9 Å². The maximum Gasteiger partial charge on any atom is 0.326 e. The molecule has 38 heavy (non-hydrogen) atoms. The van der Waals surface area contributed by atoms with E-state index in [1.54, 1.807) is 0 Å². The average molecular weight is 539 g/mol. The van der Waals surface area contributed by atoms with Crippen molar-refractivity contribution in [2.45, 2.75) is 161 Å². The molecular weight excluding hydrogens is 480 g/mol. The van der Waals surface area contributed by atoms with Gasteiger partial charge in [-0.2, -0.15) is 0 Å². The van der Waals surface area contributed by atoms with Gasteiger partial charge in [-0.25, -0.2) is 4.79 Å². The first-order chi connectivity index (χ1) is 18.4. The van der Waals surface area contributed by atoms with Gasteiger partial charge in [-0.3, -0.25) is 9.59 Å². The van der Waals surface area contributed by atoms with Crippen molar-refractivity contribution in [3.63, 3.8) is 0 Å². The van der Waals surface area contributed by atoms with Crippen molar-refractivity contribution in [2.75, 3.05) is 6.54 Å². The first-order valence-corrected chi connectivity index (χ1v) is 15.5. The summed E-state index contributed by atoms with van der Waals surface area (Å²) in [4.78, 5) is 35.8. The number of hydrogen-bond donors (Lipinski definition) is 3. The molecule has 0 heterocycles. The van der Waals surface area contributed by atoms with Crippen molar-refractivity contribution >= 4 is 17.8 Å². The molecule has 222 valence electrons. The molecule has 0 aromatic heterocycles. The van der Waals surface area contributed by atoms with Crippen LogP contribution in [0.1, 0.15) is 149 Å². The van der Waals surface area contributed by atoms with Crippen LogP contribution in [-0.2, 0) is 19.1 Å². The molecule has 2 unspecified atom stereocenters. The molecule has 0 fully saturated rings. The number of amides is 1. The van der Waals surface area contributed by atoms with Gasteiger partial charge in [-0.1, -0.05) is 77.4 Å². The molecule has 0 saturated heterocycles. The fourth-order valence-corrected chi connectivity index (χ4v) is 4.45. The second kappa shape index (κ2) is 26.7. The number of carboxylic acid groups (broad SMARTS) is 1. The number of aliphatic carboxylic acids is 1. The Kier molecular flexibility index (Phi) is 25.4. The highest BCUT2D eigenvalue weighted by Gasteiger charge is 2.19. The molecule has 7 heteroatoms. The number of rotatable bonds is 27. The Balaban J connectivity index is 4.20. The van der Waals surface area contributed by atoms with E-state index in [4.69, 9.17) is 10.5 Å². The normalized spacial score (nSPS) is 12.9. The summed E-state index contributed by atoms with van der Waals surface area (Å²) in [5.74, 6) is -1.33. The predicted molar refractivity (Wildman–Crippen MR) is 156 cm³/mol. The van der Waals surface area contributed by atoms with Crippen LogP contribution in [-0.4, -0.2) is 41.6 Å². The summed E-state index contributed by atoms with van der Waals surface area (Å²) in [6, 6.07) is -0.870. The number of carboxylic acids is 1. The number of hydrogen-bond acceptors (Lipinski definition) is 5. The van der Waals surface area contributed by atoms with Crippen molar-refractivity contribution in [3.8, 4) is 0 Å². The molecule has 0 saturated carbocycles. The van der Waals surface area contributed by atoms with Crippen LogP contribution in [0.5, 0.6) is 0 Å². The molecule has 0 aliphatic heterocycles. The summed E-state index contributed by atoms with van der Waals surface area (Å²) >= 11 is 0. The van der Waals surface area contributed by atoms with Crippen molar-refractivity contribution in [2.24, 2.45) is 5.73 Å². The molecule has 1 amide bonds.